The number of carbonyl (C=O) groups is 1. The van der Waals surface area contributed by atoms with E-state index in [4.69, 9.17) is 16.3 Å². The van der Waals surface area contributed by atoms with E-state index in [0.29, 0.717) is 22.9 Å². The molecule has 1 saturated heterocycles. The predicted octanol–water partition coefficient (Wildman–Crippen LogP) is 1.37. The van der Waals surface area contributed by atoms with Crippen LogP contribution < -0.4 is 15.4 Å². The first-order valence-electron chi connectivity index (χ1n) is 6.88. The van der Waals surface area contributed by atoms with Crippen LogP contribution in [-0.4, -0.2) is 45.5 Å². The van der Waals surface area contributed by atoms with Gasteiger partial charge in [0.2, 0.25) is 5.91 Å². The Balaban J connectivity index is 1.93. The molecule has 22 heavy (non-hydrogen) atoms. The smallest absolute Gasteiger partial charge is 0.239 e. The molecule has 1 fully saturated rings. The summed E-state index contributed by atoms with van der Waals surface area (Å²) < 4.78 is 27.9. The zero-order chi connectivity index (χ0) is 16.3. The van der Waals surface area contributed by atoms with Gasteiger partial charge in [-0.05, 0) is 25.0 Å². The molecule has 6 nitrogen and oxygen atoms in total. The zero-order valence-electron chi connectivity index (χ0n) is 12.5. The topological polar surface area (TPSA) is 84.5 Å². The Morgan fingerprint density at radius 2 is 2.18 bits per heavy atom. The van der Waals surface area contributed by atoms with Gasteiger partial charge in [-0.15, -0.1) is 0 Å². The summed E-state index contributed by atoms with van der Waals surface area (Å²) in [5, 5.41) is 6.29. The second-order valence-corrected chi connectivity index (χ2v) is 7.96. The number of anilines is 1. The lowest BCUT2D eigenvalue weighted by atomic mass is 10.2. The fraction of sp³-hybridized carbons (Fsp3) is 0.500. The van der Waals surface area contributed by atoms with E-state index in [-0.39, 0.29) is 30.0 Å². The predicted molar refractivity (Wildman–Crippen MR) is 86.4 cm³/mol. The molecule has 8 heteroatoms. The van der Waals surface area contributed by atoms with Gasteiger partial charge in [0.05, 0.1) is 30.8 Å². The molecule has 2 rings (SSSR count). The number of nitrogens with one attached hydrogen (secondary N) is 2. The van der Waals surface area contributed by atoms with E-state index < -0.39 is 9.84 Å². The molecule has 1 amide bonds. The minimum Gasteiger partial charge on any atom is -0.495 e. The minimum absolute atomic E-state index is 0.0160. The zero-order valence-corrected chi connectivity index (χ0v) is 14.1. The molecule has 0 unspecified atom stereocenters. The molecule has 0 aromatic heterocycles. The molecule has 0 spiro atoms. The number of benzene rings is 1. The molecule has 1 aromatic rings. The van der Waals surface area contributed by atoms with Crippen LogP contribution in [0.5, 0.6) is 5.75 Å². The van der Waals surface area contributed by atoms with Gasteiger partial charge in [0.15, 0.2) is 9.84 Å². The maximum atomic E-state index is 11.9. The number of carbonyl (C=O) groups excluding carboxylic acids is 1. The minimum atomic E-state index is -3.00. The van der Waals surface area contributed by atoms with Crippen molar-refractivity contribution in [3.63, 3.8) is 0 Å². The third kappa shape index (κ3) is 4.27. The van der Waals surface area contributed by atoms with Gasteiger partial charge in [-0.1, -0.05) is 11.6 Å². The Morgan fingerprint density at radius 3 is 2.77 bits per heavy atom. The van der Waals surface area contributed by atoms with Crippen LogP contribution in [0, 0.1) is 6.92 Å². The van der Waals surface area contributed by atoms with Crippen LogP contribution in [0.4, 0.5) is 5.69 Å². The van der Waals surface area contributed by atoms with E-state index >= 15 is 0 Å². The molecule has 1 aromatic carbocycles. The van der Waals surface area contributed by atoms with Gasteiger partial charge < -0.3 is 15.4 Å². The molecular weight excluding hydrogens is 328 g/mol. The van der Waals surface area contributed by atoms with Crippen molar-refractivity contribution in [2.24, 2.45) is 0 Å². The summed E-state index contributed by atoms with van der Waals surface area (Å²) in [4.78, 5) is 11.9. The molecule has 0 aliphatic carbocycles. The number of hydrogen-bond donors (Lipinski definition) is 2. The third-order valence-electron chi connectivity index (χ3n) is 3.52. The normalized spacial score (nSPS) is 19.7. The van der Waals surface area contributed by atoms with Crippen molar-refractivity contribution in [1.29, 1.82) is 0 Å². The van der Waals surface area contributed by atoms with Crippen LogP contribution in [-0.2, 0) is 14.6 Å². The van der Waals surface area contributed by atoms with E-state index in [1.165, 1.54) is 7.11 Å². The van der Waals surface area contributed by atoms with Crippen molar-refractivity contribution in [3.8, 4) is 5.75 Å². The SMILES string of the molecule is COc1cc(Cl)c(C)cc1NCC(=O)N[C@@H]1CCS(=O)(=O)C1. The summed E-state index contributed by atoms with van der Waals surface area (Å²) >= 11 is 6.02. The molecule has 1 aliphatic rings. The van der Waals surface area contributed by atoms with E-state index in [9.17, 15) is 13.2 Å². The Kier molecular flexibility index (Phi) is 5.18. The molecule has 0 bridgehead atoms. The Labute approximate surface area is 135 Å². The van der Waals surface area contributed by atoms with Crippen LogP contribution in [0.15, 0.2) is 12.1 Å². The second kappa shape index (κ2) is 6.75. The van der Waals surface area contributed by atoms with E-state index in [1.807, 2.05) is 6.92 Å². The number of halogens is 1. The Hall–Kier alpha value is -1.47. The summed E-state index contributed by atoms with van der Waals surface area (Å²) in [6.45, 7) is 1.89. The fourth-order valence-electron chi connectivity index (χ4n) is 2.33. The second-order valence-electron chi connectivity index (χ2n) is 5.32. The number of aryl methyl sites for hydroxylation is 1. The Morgan fingerprint density at radius 1 is 1.45 bits per heavy atom. The van der Waals surface area contributed by atoms with Gasteiger partial charge in [0.1, 0.15) is 5.75 Å². The van der Waals surface area contributed by atoms with Crippen LogP contribution in [0.25, 0.3) is 0 Å². The van der Waals surface area contributed by atoms with Gasteiger partial charge in [-0.25, -0.2) is 8.42 Å². The monoisotopic (exact) mass is 346 g/mol. The molecule has 122 valence electrons. The summed E-state index contributed by atoms with van der Waals surface area (Å²) in [7, 11) is -1.48. The highest BCUT2D eigenvalue weighted by atomic mass is 35.5. The molecule has 1 atom stereocenters. The van der Waals surface area contributed by atoms with Gasteiger partial charge >= 0.3 is 0 Å². The van der Waals surface area contributed by atoms with Gasteiger partial charge in [0, 0.05) is 17.1 Å². The molecule has 0 saturated carbocycles. The number of hydrogen-bond acceptors (Lipinski definition) is 5. The average molecular weight is 347 g/mol. The standard InChI is InChI=1S/C14H19ClN2O4S/c1-9-5-12(13(21-2)6-11(9)15)16-7-14(18)17-10-3-4-22(19,20)8-10/h5-6,10,16H,3-4,7-8H2,1-2H3,(H,17,18)/t10-/m1/s1. The maximum Gasteiger partial charge on any atom is 0.239 e. The van der Waals surface area contributed by atoms with Crippen molar-refractivity contribution < 1.29 is 17.9 Å². The van der Waals surface area contributed by atoms with Crippen LogP contribution in [0.1, 0.15) is 12.0 Å². The maximum absolute atomic E-state index is 11.9. The first-order valence-corrected chi connectivity index (χ1v) is 9.08. The van der Waals surface area contributed by atoms with Crippen LogP contribution >= 0.6 is 11.6 Å². The highest BCUT2D eigenvalue weighted by Crippen LogP contribution is 2.30. The van der Waals surface area contributed by atoms with Crippen molar-refractivity contribution in [2.75, 3.05) is 30.5 Å². The largest absolute Gasteiger partial charge is 0.495 e. The van der Waals surface area contributed by atoms with Crippen LogP contribution in [0.3, 0.4) is 0 Å². The number of amides is 1. The van der Waals surface area contributed by atoms with Crippen molar-refractivity contribution >= 4 is 33.0 Å². The highest BCUT2D eigenvalue weighted by Gasteiger charge is 2.28. The number of ether oxygens (including phenoxy) is 1. The van der Waals surface area contributed by atoms with E-state index in [0.717, 1.165) is 5.56 Å². The molecule has 2 N–H and O–H groups in total. The molecular formula is C14H19ClN2O4S. The number of rotatable bonds is 5. The van der Waals surface area contributed by atoms with Crippen LogP contribution in [0.2, 0.25) is 5.02 Å². The molecule has 1 aliphatic heterocycles. The first kappa shape index (κ1) is 16.9. The average Bonchev–Trinajstić information content (AvgIpc) is 2.78. The van der Waals surface area contributed by atoms with Gasteiger partial charge in [0.25, 0.3) is 0 Å². The van der Waals surface area contributed by atoms with Crippen molar-refractivity contribution in [2.45, 2.75) is 19.4 Å². The number of methoxy groups -OCH3 is 1. The number of sulfone groups is 1. The summed E-state index contributed by atoms with van der Waals surface area (Å²) in [5.41, 5.74) is 1.53. The lowest BCUT2D eigenvalue weighted by Gasteiger charge is -2.15. The third-order valence-corrected chi connectivity index (χ3v) is 5.69. The van der Waals surface area contributed by atoms with Crippen molar-refractivity contribution in [3.05, 3.63) is 22.7 Å². The highest BCUT2D eigenvalue weighted by molar-refractivity contribution is 7.91. The first-order chi connectivity index (χ1) is 10.3. The lowest BCUT2D eigenvalue weighted by molar-refractivity contribution is -0.119. The fourth-order valence-corrected chi connectivity index (χ4v) is 4.16. The van der Waals surface area contributed by atoms with Crippen molar-refractivity contribution in [1.82, 2.24) is 5.32 Å². The Bertz CT molecular complexity index is 676. The molecule has 0 radical (unpaired) electrons. The van der Waals surface area contributed by atoms with E-state index in [1.54, 1.807) is 12.1 Å². The summed E-state index contributed by atoms with van der Waals surface area (Å²) in [6, 6.07) is 3.18. The lowest BCUT2D eigenvalue weighted by Crippen LogP contribution is -2.39. The van der Waals surface area contributed by atoms with Gasteiger partial charge in [-0.3, -0.25) is 4.79 Å². The van der Waals surface area contributed by atoms with E-state index in [2.05, 4.69) is 10.6 Å². The molecule has 1 heterocycles. The summed E-state index contributed by atoms with van der Waals surface area (Å²) in [6.07, 6.45) is 0.470. The quantitative estimate of drug-likeness (QED) is 0.841. The summed E-state index contributed by atoms with van der Waals surface area (Å²) in [5.74, 6) is 0.445. The van der Waals surface area contributed by atoms with Gasteiger partial charge in [-0.2, -0.15) is 0 Å².